The topological polar surface area (TPSA) is 68.0 Å². The third kappa shape index (κ3) is 3.15. The molecule has 0 radical (unpaired) electrons. The highest BCUT2D eigenvalue weighted by atomic mass is 35.5. The Kier molecular flexibility index (Phi) is 3.95. The fourth-order valence-corrected chi connectivity index (χ4v) is 1.12. The molecule has 0 atom stereocenters. The van der Waals surface area contributed by atoms with Crippen molar-refractivity contribution in [3.8, 4) is 11.8 Å². The molecular formula is C10H10ClN3O. The molecule has 0 aliphatic heterocycles. The van der Waals surface area contributed by atoms with Gasteiger partial charge in [0.2, 0.25) is 0 Å². The average molecular weight is 224 g/mol. The predicted molar refractivity (Wildman–Crippen MR) is 59.4 cm³/mol. The third-order valence-corrected chi connectivity index (χ3v) is 1.92. The summed E-state index contributed by atoms with van der Waals surface area (Å²) in [6, 6.07) is 1.48. The summed E-state index contributed by atoms with van der Waals surface area (Å²) >= 11 is 5.74. The lowest BCUT2D eigenvalue weighted by Gasteiger charge is -2.03. The molecule has 15 heavy (non-hydrogen) atoms. The van der Waals surface area contributed by atoms with Gasteiger partial charge in [-0.1, -0.05) is 17.5 Å². The van der Waals surface area contributed by atoms with Crippen molar-refractivity contribution in [2.24, 2.45) is 0 Å². The van der Waals surface area contributed by atoms with Gasteiger partial charge in [-0.15, -0.1) is 5.92 Å². The highest BCUT2D eigenvalue weighted by Crippen LogP contribution is 2.14. The molecule has 1 heterocycles. The van der Waals surface area contributed by atoms with E-state index in [1.165, 1.54) is 12.3 Å². The maximum absolute atomic E-state index is 11.5. The molecule has 0 fully saturated rings. The molecule has 0 aliphatic carbocycles. The minimum absolute atomic E-state index is 0.131. The van der Waals surface area contributed by atoms with Crippen LogP contribution in [0.3, 0.4) is 0 Å². The fourth-order valence-electron chi connectivity index (χ4n) is 0.932. The van der Waals surface area contributed by atoms with E-state index < -0.39 is 0 Å². The highest BCUT2D eigenvalue weighted by molar-refractivity contribution is 6.32. The van der Waals surface area contributed by atoms with Gasteiger partial charge in [-0.25, -0.2) is 4.98 Å². The van der Waals surface area contributed by atoms with Gasteiger partial charge in [-0.05, 0) is 13.0 Å². The van der Waals surface area contributed by atoms with Gasteiger partial charge in [0, 0.05) is 0 Å². The number of nitrogens with two attached hydrogens (primary N) is 1. The van der Waals surface area contributed by atoms with E-state index in [1.54, 1.807) is 6.92 Å². The lowest BCUT2D eigenvalue weighted by molar-refractivity contribution is 0.0958. The second kappa shape index (κ2) is 5.23. The number of anilines is 1. The summed E-state index contributed by atoms with van der Waals surface area (Å²) in [7, 11) is 0. The Morgan fingerprint density at radius 3 is 3.13 bits per heavy atom. The van der Waals surface area contributed by atoms with Crippen molar-refractivity contribution in [3.63, 3.8) is 0 Å². The second-order valence-electron chi connectivity index (χ2n) is 2.72. The summed E-state index contributed by atoms with van der Waals surface area (Å²) < 4.78 is 0. The van der Waals surface area contributed by atoms with E-state index in [9.17, 15) is 4.79 Å². The monoisotopic (exact) mass is 223 g/mol. The summed E-state index contributed by atoms with van der Waals surface area (Å²) in [5, 5.41) is 2.71. The van der Waals surface area contributed by atoms with Crippen LogP contribution in [0.5, 0.6) is 0 Å². The third-order valence-electron chi connectivity index (χ3n) is 1.62. The van der Waals surface area contributed by atoms with E-state index in [2.05, 4.69) is 22.1 Å². The van der Waals surface area contributed by atoms with Crippen molar-refractivity contribution in [1.29, 1.82) is 0 Å². The van der Waals surface area contributed by atoms with Gasteiger partial charge in [0.1, 0.15) is 5.15 Å². The quantitative estimate of drug-likeness (QED) is 0.582. The van der Waals surface area contributed by atoms with Crippen molar-refractivity contribution >= 4 is 23.2 Å². The molecular weight excluding hydrogens is 214 g/mol. The Balaban J connectivity index is 2.80. The Hall–Kier alpha value is -1.73. The van der Waals surface area contributed by atoms with Gasteiger partial charge in [0.05, 0.1) is 24.0 Å². The van der Waals surface area contributed by atoms with Crippen molar-refractivity contribution in [1.82, 2.24) is 10.3 Å². The summed E-state index contributed by atoms with van der Waals surface area (Å²) in [6.45, 7) is 1.97. The number of carbonyl (C=O) groups is 1. The minimum atomic E-state index is -0.331. The SMILES string of the molecule is CC#CCNC(=O)c1cc(N)cnc1Cl. The van der Waals surface area contributed by atoms with Crippen LogP contribution >= 0.6 is 11.6 Å². The Morgan fingerprint density at radius 2 is 2.47 bits per heavy atom. The van der Waals surface area contributed by atoms with Crippen molar-refractivity contribution in [2.45, 2.75) is 6.92 Å². The van der Waals surface area contributed by atoms with E-state index in [4.69, 9.17) is 17.3 Å². The van der Waals surface area contributed by atoms with Gasteiger partial charge in [0.15, 0.2) is 0 Å². The first kappa shape index (κ1) is 11.3. The van der Waals surface area contributed by atoms with E-state index >= 15 is 0 Å². The Labute approximate surface area is 92.8 Å². The molecule has 1 rings (SSSR count). The number of nitrogens with one attached hydrogen (secondary N) is 1. The molecule has 4 nitrogen and oxygen atoms in total. The number of carbonyl (C=O) groups excluding carboxylic acids is 1. The number of amides is 1. The molecule has 0 saturated heterocycles. The minimum Gasteiger partial charge on any atom is -0.397 e. The molecule has 0 aliphatic rings. The largest absolute Gasteiger partial charge is 0.397 e. The van der Waals surface area contributed by atoms with Crippen molar-refractivity contribution in [2.75, 3.05) is 12.3 Å². The number of nitrogens with zero attached hydrogens (tertiary/aromatic N) is 1. The van der Waals surface area contributed by atoms with E-state index in [-0.39, 0.29) is 23.2 Å². The average Bonchev–Trinajstić information content (AvgIpc) is 2.22. The lowest BCUT2D eigenvalue weighted by atomic mass is 10.2. The van der Waals surface area contributed by atoms with Gasteiger partial charge in [-0.2, -0.15) is 0 Å². The van der Waals surface area contributed by atoms with Crippen LogP contribution in [0.15, 0.2) is 12.3 Å². The maximum Gasteiger partial charge on any atom is 0.255 e. The zero-order valence-corrected chi connectivity index (χ0v) is 8.93. The number of pyridine rings is 1. The highest BCUT2D eigenvalue weighted by Gasteiger charge is 2.10. The van der Waals surface area contributed by atoms with Gasteiger partial charge >= 0.3 is 0 Å². The number of rotatable bonds is 2. The first-order valence-corrected chi connectivity index (χ1v) is 4.61. The molecule has 3 N–H and O–H groups in total. The molecule has 0 unspecified atom stereocenters. The zero-order chi connectivity index (χ0) is 11.3. The van der Waals surface area contributed by atoms with E-state index in [0.29, 0.717) is 5.69 Å². The number of halogens is 1. The van der Waals surface area contributed by atoms with Gasteiger partial charge < -0.3 is 11.1 Å². The second-order valence-corrected chi connectivity index (χ2v) is 3.07. The number of hydrogen-bond acceptors (Lipinski definition) is 3. The normalized spacial score (nSPS) is 8.93. The van der Waals surface area contributed by atoms with Crippen LogP contribution < -0.4 is 11.1 Å². The Morgan fingerprint density at radius 1 is 1.73 bits per heavy atom. The molecule has 0 aromatic carbocycles. The first-order valence-electron chi connectivity index (χ1n) is 4.24. The van der Waals surface area contributed by atoms with Gasteiger partial charge in [-0.3, -0.25) is 4.79 Å². The summed E-state index contributed by atoms with van der Waals surface area (Å²) in [5.74, 6) is 5.04. The maximum atomic E-state index is 11.5. The van der Waals surface area contributed by atoms with Crippen LogP contribution in [0.1, 0.15) is 17.3 Å². The van der Waals surface area contributed by atoms with Gasteiger partial charge in [0.25, 0.3) is 5.91 Å². The lowest BCUT2D eigenvalue weighted by Crippen LogP contribution is -2.24. The van der Waals surface area contributed by atoms with Crippen LogP contribution in [-0.2, 0) is 0 Å². The predicted octanol–water partition coefficient (Wildman–Crippen LogP) is 1.07. The molecule has 0 bridgehead atoms. The summed E-state index contributed by atoms with van der Waals surface area (Å²) in [6.07, 6.45) is 1.39. The summed E-state index contributed by atoms with van der Waals surface area (Å²) in [5.41, 5.74) is 6.14. The molecule has 1 aromatic heterocycles. The molecule has 0 spiro atoms. The van der Waals surface area contributed by atoms with Crippen molar-refractivity contribution < 1.29 is 4.79 Å². The van der Waals surface area contributed by atoms with Crippen LogP contribution in [0.2, 0.25) is 5.15 Å². The standard InChI is InChI=1S/C10H10ClN3O/c1-2-3-4-13-10(15)8-5-7(12)6-14-9(8)11/h5-6H,4,12H2,1H3,(H,13,15). The molecule has 5 heteroatoms. The molecule has 78 valence electrons. The van der Waals surface area contributed by atoms with Crippen LogP contribution in [0, 0.1) is 11.8 Å². The smallest absolute Gasteiger partial charge is 0.255 e. The number of nitrogen functional groups attached to an aromatic ring is 1. The number of hydrogen-bond donors (Lipinski definition) is 2. The van der Waals surface area contributed by atoms with Crippen molar-refractivity contribution in [3.05, 3.63) is 23.0 Å². The van der Waals surface area contributed by atoms with Crippen LogP contribution in [0.4, 0.5) is 5.69 Å². The molecule has 1 aromatic rings. The molecule has 0 saturated carbocycles. The van der Waals surface area contributed by atoms with Crippen LogP contribution in [-0.4, -0.2) is 17.4 Å². The van der Waals surface area contributed by atoms with E-state index in [0.717, 1.165) is 0 Å². The van der Waals surface area contributed by atoms with E-state index in [1.807, 2.05) is 0 Å². The Bertz CT molecular complexity index is 434. The first-order chi connectivity index (χ1) is 7.15. The zero-order valence-electron chi connectivity index (χ0n) is 8.17. The summed E-state index contributed by atoms with van der Waals surface area (Å²) in [4.78, 5) is 15.3. The number of aromatic nitrogens is 1. The fraction of sp³-hybridized carbons (Fsp3) is 0.200. The molecule has 1 amide bonds. The van der Waals surface area contributed by atoms with Crippen LogP contribution in [0.25, 0.3) is 0 Å².